The standard InChI is InChI=1S/C21H26O5/c1-6-7-15-8-10-18(19(12-15)24-4)26-14(2)21(22)16-9-11-17(23-3)20(13-16)25-5/h6,8-14,21-22H,1,7H2,2-5H3. The van der Waals surface area contributed by atoms with Crippen molar-refractivity contribution in [1.29, 1.82) is 0 Å². The summed E-state index contributed by atoms with van der Waals surface area (Å²) in [6, 6.07) is 11.0. The van der Waals surface area contributed by atoms with Gasteiger partial charge in [0, 0.05) is 0 Å². The van der Waals surface area contributed by atoms with E-state index in [1.54, 1.807) is 46.5 Å². The predicted octanol–water partition coefficient (Wildman–Crippen LogP) is 3.94. The quantitative estimate of drug-likeness (QED) is 0.688. The lowest BCUT2D eigenvalue weighted by Crippen LogP contribution is -2.22. The molecule has 0 bridgehead atoms. The number of rotatable bonds is 9. The highest BCUT2D eigenvalue weighted by Crippen LogP contribution is 2.34. The summed E-state index contributed by atoms with van der Waals surface area (Å²) in [5.74, 6) is 2.36. The monoisotopic (exact) mass is 358 g/mol. The van der Waals surface area contributed by atoms with Gasteiger partial charge in [-0.25, -0.2) is 0 Å². The zero-order valence-corrected chi connectivity index (χ0v) is 15.7. The van der Waals surface area contributed by atoms with E-state index in [9.17, 15) is 5.11 Å². The summed E-state index contributed by atoms with van der Waals surface area (Å²) >= 11 is 0. The lowest BCUT2D eigenvalue weighted by atomic mass is 10.0. The van der Waals surface area contributed by atoms with Crippen LogP contribution in [0.5, 0.6) is 23.0 Å². The normalized spacial score (nSPS) is 12.8. The van der Waals surface area contributed by atoms with Crippen LogP contribution in [0.1, 0.15) is 24.2 Å². The van der Waals surface area contributed by atoms with Gasteiger partial charge in [0.2, 0.25) is 0 Å². The van der Waals surface area contributed by atoms with E-state index in [0.29, 0.717) is 28.6 Å². The number of allylic oxidation sites excluding steroid dienone is 1. The predicted molar refractivity (Wildman–Crippen MR) is 101 cm³/mol. The van der Waals surface area contributed by atoms with Crippen LogP contribution in [-0.2, 0) is 6.42 Å². The Hall–Kier alpha value is -2.66. The highest BCUT2D eigenvalue weighted by Gasteiger charge is 2.21. The third-order valence-corrected chi connectivity index (χ3v) is 4.11. The van der Waals surface area contributed by atoms with Crippen LogP contribution in [0.25, 0.3) is 0 Å². The van der Waals surface area contributed by atoms with E-state index in [-0.39, 0.29) is 0 Å². The van der Waals surface area contributed by atoms with E-state index in [2.05, 4.69) is 6.58 Å². The Labute approximate surface area is 154 Å². The van der Waals surface area contributed by atoms with E-state index in [4.69, 9.17) is 18.9 Å². The van der Waals surface area contributed by atoms with Crippen LogP contribution in [-0.4, -0.2) is 32.5 Å². The van der Waals surface area contributed by atoms with Crippen LogP contribution in [0.4, 0.5) is 0 Å². The van der Waals surface area contributed by atoms with Gasteiger partial charge in [0.25, 0.3) is 0 Å². The van der Waals surface area contributed by atoms with Crippen LogP contribution in [0.3, 0.4) is 0 Å². The van der Waals surface area contributed by atoms with Gasteiger partial charge in [-0.2, -0.15) is 0 Å². The third-order valence-electron chi connectivity index (χ3n) is 4.11. The van der Waals surface area contributed by atoms with Gasteiger partial charge in [0.15, 0.2) is 23.0 Å². The van der Waals surface area contributed by atoms with Gasteiger partial charge < -0.3 is 24.1 Å². The Morgan fingerprint density at radius 1 is 0.923 bits per heavy atom. The SMILES string of the molecule is C=CCc1ccc(OC(C)C(O)c2ccc(OC)c(OC)c2)c(OC)c1. The van der Waals surface area contributed by atoms with Gasteiger partial charge in [-0.3, -0.25) is 0 Å². The molecule has 0 amide bonds. The van der Waals surface area contributed by atoms with Crippen molar-refractivity contribution < 1.29 is 24.1 Å². The van der Waals surface area contributed by atoms with Crippen molar-refractivity contribution in [1.82, 2.24) is 0 Å². The van der Waals surface area contributed by atoms with Gasteiger partial charge in [-0.1, -0.05) is 18.2 Å². The third kappa shape index (κ3) is 4.49. The molecule has 140 valence electrons. The fraction of sp³-hybridized carbons (Fsp3) is 0.333. The molecule has 0 saturated heterocycles. The number of hydrogen-bond donors (Lipinski definition) is 1. The molecule has 0 spiro atoms. The van der Waals surface area contributed by atoms with Gasteiger partial charge in [-0.05, 0) is 48.7 Å². The van der Waals surface area contributed by atoms with Crippen molar-refractivity contribution in [3.8, 4) is 23.0 Å². The Morgan fingerprint density at radius 2 is 1.54 bits per heavy atom. The maximum absolute atomic E-state index is 10.7. The van der Waals surface area contributed by atoms with Crippen LogP contribution >= 0.6 is 0 Å². The van der Waals surface area contributed by atoms with Crippen molar-refractivity contribution in [3.05, 3.63) is 60.2 Å². The largest absolute Gasteiger partial charge is 0.493 e. The number of hydrogen-bond acceptors (Lipinski definition) is 5. The lowest BCUT2D eigenvalue weighted by molar-refractivity contribution is 0.0449. The van der Waals surface area contributed by atoms with E-state index in [0.717, 1.165) is 12.0 Å². The average Bonchev–Trinajstić information content (AvgIpc) is 2.67. The van der Waals surface area contributed by atoms with Crippen LogP contribution in [0, 0.1) is 0 Å². The zero-order valence-electron chi connectivity index (χ0n) is 15.7. The second kappa shape index (κ2) is 9.15. The van der Waals surface area contributed by atoms with Gasteiger partial charge in [-0.15, -0.1) is 6.58 Å². The maximum atomic E-state index is 10.7. The molecule has 0 radical (unpaired) electrons. The molecule has 2 unspecified atom stereocenters. The molecule has 2 atom stereocenters. The average molecular weight is 358 g/mol. The van der Waals surface area contributed by atoms with E-state index in [1.165, 1.54) is 0 Å². The molecule has 5 heteroatoms. The molecule has 2 rings (SSSR count). The van der Waals surface area contributed by atoms with E-state index < -0.39 is 12.2 Å². The number of methoxy groups -OCH3 is 3. The highest BCUT2D eigenvalue weighted by atomic mass is 16.5. The topological polar surface area (TPSA) is 57.2 Å². The smallest absolute Gasteiger partial charge is 0.161 e. The first-order valence-corrected chi connectivity index (χ1v) is 8.38. The molecular formula is C21H26O5. The lowest BCUT2D eigenvalue weighted by Gasteiger charge is -2.23. The second-order valence-corrected chi connectivity index (χ2v) is 5.86. The summed E-state index contributed by atoms with van der Waals surface area (Å²) in [7, 11) is 4.72. The summed E-state index contributed by atoms with van der Waals surface area (Å²) in [5.41, 5.74) is 1.76. The molecule has 0 aliphatic carbocycles. The summed E-state index contributed by atoms with van der Waals surface area (Å²) in [6.45, 7) is 5.55. The first-order valence-electron chi connectivity index (χ1n) is 8.38. The number of ether oxygens (including phenoxy) is 4. The molecule has 2 aromatic rings. The van der Waals surface area contributed by atoms with Gasteiger partial charge in [0.05, 0.1) is 21.3 Å². The molecule has 0 fully saturated rings. The van der Waals surface area contributed by atoms with Crippen molar-refractivity contribution in [2.24, 2.45) is 0 Å². The number of aliphatic hydroxyl groups excluding tert-OH is 1. The molecule has 1 N–H and O–H groups in total. The highest BCUT2D eigenvalue weighted by molar-refractivity contribution is 5.45. The summed E-state index contributed by atoms with van der Waals surface area (Å²) in [4.78, 5) is 0. The minimum absolute atomic E-state index is 0.493. The minimum atomic E-state index is -0.840. The Balaban J connectivity index is 2.18. The molecule has 0 aromatic heterocycles. The van der Waals surface area contributed by atoms with Crippen LogP contribution < -0.4 is 18.9 Å². The Bertz CT molecular complexity index is 741. The van der Waals surface area contributed by atoms with Crippen molar-refractivity contribution in [2.45, 2.75) is 25.6 Å². The number of aliphatic hydroxyl groups is 1. The number of benzene rings is 2. The molecule has 0 aliphatic rings. The fourth-order valence-electron chi connectivity index (χ4n) is 2.68. The first kappa shape index (κ1) is 19.7. The molecule has 0 aliphatic heterocycles. The van der Waals surface area contributed by atoms with Crippen molar-refractivity contribution in [2.75, 3.05) is 21.3 Å². The Kier molecular flexibility index (Phi) is 6.92. The van der Waals surface area contributed by atoms with Gasteiger partial charge >= 0.3 is 0 Å². The van der Waals surface area contributed by atoms with Crippen LogP contribution in [0.15, 0.2) is 49.1 Å². The van der Waals surface area contributed by atoms with Crippen LogP contribution in [0.2, 0.25) is 0 Å². The molecular weight excluding hydrogens is 332 g/mol. The molecule has 2 aromatic carbocycles. The van der Waals surface area contributed by atoms with Crippen molar-refractivity contribution in [3.63, 3.8) is 0 Å². The maximum Gasteiger partial charge on any atom is 0.161 e. The van der Waals surface area contributed by atoms with E-state index in [1.807, 2.05) is 24.3 Å². The first-order chi connectivity index (χ1) is 12.5. The fourth-order valence-corrected chi connectivity index (χ4v) is 2.68. The molecule has 26 heavy (non-hydrogen) atoms. The molecule has 0 heterocycles. The Morgan fingerprint density at radius 3 is 2.15 bits per heavy atom. The van der Waals surface area contributed by atoms with Crippen molar-refractivity contribution >= 4 is 0 Å². The summed E-state index contributed by atoms with van der Waals surface area (Å²) in [5, 5.41) is 10.7. The van der Waals surface area contributed by atoms with E-state index >= 15 is 0 Å². The molecule has 0 saturated carbocycles. The summed E-state index contributed by atoms with van der Waals surface area (Å²) < 4.78 is 21.9. The second-order valence-electron chi connectivity index (χ2n) is 5.86. The molecule has 5 nitrogen and oxygen atoms in total. The summed E-state index contributed by atoms with van der Waals surface area (Å²) in [6.07, 6.45) is 1.25. The minimum Gasteiger partial charge on any atom is -0.493 e. The van der Waals surface area contributed by atoms with Gasteiger partial charge in [0.1, 0.15) is 12.2 Å². The zero-order chi connectivity index (χ0) is 19.1.